The second kappa shape index (κ2) is 6.83. The number of hydrogen-bond donors (Lipinski definition) is 1. The molecule has 0 aliphatic heterocycles. The van der Waals surface area contributed by atoms with Crippen LogP contribution in [-0.2, 0) is 19.3 Å². The van der Waals surface area contributed by atoms with Gasteiger partial charge >= 0.3 is 0 Å². The smallest absolute Gasteiger partial charge is 0.106 e. The Morgan fingerprint density at radius 3 is 2.59 bits per heavy atom. The highest BCUT2D eigenvalue weighted by Gasteiger charge is 2.13. The lowest BCUT2D eigenvalue weighted by Gasteiger charge is -2.07. The summed E-state index contributed by atoms with van der Waals surface area (Å²) in [7, 11) is 0. The largest absolute Gasteiger partial charge is 0.346 e. The first-order valence-electron chi connectivity index (χ1n) is 7.46. The van der Waals surface area contributed by atoms with Crippen LogP contribution in [0, 0.1) is 0 Å². The number of nitrogens with zero attached hydrogens (tertiary/aromatic N) is 1. The summed E-state index contributed by atoms with van der Waals surface area (Å²) in [6, 6.07) is 0. The quantitative estimate of drug-likeness (QED) is 0.704. The monoisotopic (exact) mass is 234 g/mol. The van der Waals surface area contributed by atoms with Crippen molar-refractivity contribution in [2.45, 2.75) is 77.6 Å². The summed E-state index contributed by atoms with van der Waals surface area (Å²) in [6.07, 6.45) is 14.4. The minimum atomic E-state index is 1.15. The van der Waals surface area contributed by atoms with Crippen LogP contribution in [0.1, 0.15) is 75.5 Å². The Morgan fingerprint density at radius 1 is 1.00 bits per heavy atom. The minimum absolute atomic E-state index is 1.15. The summed E-state index contributed by atoms with van der Waals surface area (Å²) in [4.78, 5) is 8.25. The average molecular weight is 234 g/mol. The van der Waals surface area contributed by atoms with Crippen LogP contribution in [0.4, 0.5) is 0 Å². The maximum Gasteiger partial charge on any atom is 0.106 e. The zero-order chi connectivity index (χ0) is 11.9. The maximum atomic E-state index is 4.73. The van der Waals surface area contributed by atoms with Crippen molar-refractivity contribution >= 4 is 0 Å². The third-order valence-corrected chi connectivity index (χ3v) is 3.77. The van der Waals surface area contributed by atoms with Crippen LogP contribution >= 0.6 is 0 Å². The molecule has 1 aromatic rings. The Balaban J connectivity index is 1.67. The lowest BCUT2D eigenvalue weighted by atomic mass is 10.0. The topological polar surface area (TPSA) is 28.7 Å². The van der Waals surface area contributed by atoms with Gasteiger partial charge in [-0.05, 0) is 32.1 Å². The van der Waals surface area contributed by atoms with Gasteiger partial charge in [0, 0.05) is 12.1 Å². The first kappa shape index (κ1) is 12.7. The van der Waals surface area contributed by atoms with E-state index in [2.05, 4.69) is 11.9 Å². The fraction of sp³-hybridized carbons (Fsp3) is 0.800. The average Bonchev–Trinajstić information content (AvgIpc) is 2.76. The van der Waals surface area contributed by atoms with Gasteiger partial charge < -0.3 is 4.98 Å². The number of nitrogens with one attached hydrogen (secondary N) is 1. The van der Waals surface area contributed by atoms with Crippen molar-refractivity contribution in [3.8, 4) is 0 Å². The van der Waals surface area contributed by atoms with E-state index in [1.165, 1.54) is 81.4 Å². The van der Waals surface area contributed by atoms with Crippen molar-refractivity contribution in [2.75, 3.05) is 0 Å². The number of hydrogen-bond acceptors (Lipinski definition) is 1. The Morgan fingerprint density at radius 2 is 1.76 bits per heavy atom. The molecule has 0 atom stereocenters. The third kappa shape index (κ3) is 3.86. The normalized spacial score (nSPS) is 14.9. The number of aromatic nitrogens is 2. The SMILES string of the molecule is CCCCCCCCc1nc2c([nH]1)CCCC2. The van der Waals surface area contributed by atoms with E-state index in [0.29, 0.717) is 0 Å². The van der Waals surface area contributed by atoms with Gasteiger partial charge in [0.2, 0.25) is 0 Å². The number of H-pyrrole nitrogens is 1. The van der Waals surface area contributed by atoms with Gasteiger partial charge in [-0.25, -0.2) is 4.98 Å². The van der Waals surface area contributed by atoms with E-state index in [0.717, 1.165) is 6.42 Å². The molecule has 1 aromatic heterocycles. The van der Waals surface area contributed by atoms with E-state index in [4.69, 9.17) is 4.98 Å². The molecule has 2 heteroatoms. The molecular formula is C15H26N2. The van der Waals surface area contributed by atoms with Crippen LogP contribution in [-0.4, -0.2) is 9.97 Å². The summed E-state index contributed by atoms with van der Waals surface area (Å²) < 4.78 is 0. The van der Waals surface area contributed by atoms with Crippen LogP contribution in [0.5, 0.6) is 0 Å². The standard InChI is InChI=1S/C15H26N2/c1-2-3-4-5-6-7-12-15-16-13-10-8-9-11-14(13)17-15/h2-12H2,1H3,(H,16,17). The molecule has 0 unspecified atom stereocenters. The van der Waals surface area contributed by atoms with Crippen molar-refractivity contribution in [2.24, 2.45) is 0 Å². The number of rotatable bonds is 7. The molecule has 0 spiro atoms. The highest BCUT2D eigenvalue weighted by Crippen LogP contribution is 2.19. The fourth-order valence-electron chi connectivity index (χ4n) is 2.70. The summed E-state index contributed by atoms with van der Waals surface area (Å²) in [5.41, 5.74) is 2.79. The maximum absolute atomic E-state index is 4.73. The van der Waals surface area contributed by atoms with Gasteiger partial charge in [0.25, 0.3) is 0 Å². The second-order valence-electron chi connectivity index (χ2n) is 5.33. The van der Waals surface area contributed by atoms with Crippen molar-refractivity contribution in [3.05, 3.63) is 17.2 Å². The lowest BCUT2D eigenvalue weighted by molar-refractivity contribution is 0.602. The Labute approximate surface area is 105 Å². The molecule has 0 saturated carbocycles. The predicted octanol–water partition coefficient (Wildman–Crippen LogP) is 4.19. The minimum Gasteiger partial charge on any atom is -0.346 e. The number of unbranched alkanes of at least 4 members (excludes halogenated alkanes) is 5. The molecule has 2 rings (SSSR count). The van der Waals surface area contributed by atoms with Gasteiger partial charge in [0.05, 0.1) is 5.69 Å². The van der Waals surface area contributed by atoms with Crippen LogP contribution in [0.3, 0.4) is 0 Å². The van der Waals surface area contributed by atoms with Crippen LogP contribution in [0.2, 0.25) is 0 Å². The Kier molecular flexibility index (Phi) is 5.08. The van der Waals surface area contributed by atoms with Crippen molar-refractivity contribution < 1.29 is 0 Å². The summed E-state index contributed by atoms with van der Waals surface area (Å²) in [5, 5.41) is 0. The fourth-order valence-corrected chi connectivity index (χ4v) is 2.70. The predicted molar refractivity (Wildman–Crippen MR) is 72.3 cm³/mol. The second-order valence-corrected chi connectivity index (χ2v) is 5.33. The molecule has 1 aliphatic rings. The van der Waals surface area contributed by atoms with Gasteiger partial charge in [-0.2, -0.15) is 0 Å². The molecule has 0 fully saturated rings. The Bertz CT molecular complexity index is 304. The third-order valence-electron chi connectivity index (χ3n) is 3.77. The van der Waals surface area contributed by atoms with Gasteiger partial charge in [-0.3, -0.25) is 0 Å². The summed E-state index contributed by atoms with van der Waals surface area (Å²) in [5.74, 6) is 1.24. The van der Waals surface area contributed by atoms with Crippen LogP contribution in [0.15, 0.2) is 0 Å². The van der Waals surface area contributed by atoms with E-state index in [-0.39, 0.29) is 0 Å². The van der Waals surface area contributed by atoms with Crippen LogP contribution in [0.25, 0.3) is 0 Å². The molecule has 0 bridgehead atoms. The molecule has 0 radical (unpaired) electrons. The summed E-state index contributed by atoms with van der Waals surface area (Å²) >= 11 is 0. The molecular weight excluding hydrogens is 208 g/mol. The highest BCUT2D eigenvalue weighted by molar-refractivity contribution is 5.17. The Hall–Kier alpha value is -0.790. The molecule has 1 aliphatic carbocycles. The van der Waals surface area contributed by atoms with Crippen LogP contribution < -0.4 is 0 Å². The zero-order valence-electron chi connectivity index (χ0n) is 11.2. The van der Waals surface area contributed by atoms with Gasteiger partial charge in [-0.1, -0.05) is 39.0 Å². The van der Waals surface area contributed by atoms with Gasteiger partial charge in [-0.15, -0.1) is 0 Å². The molecule has 96 valence electrons. The first-order valence-corrected chi connectivity index (χ1v) is 7.46. The van der Waals surface area contributed by atoms with E-state index in [1.54, 1.807) is 0 Å². The molecule has 1 N–H and O–H groups in total. The zero-order valence-corrected chi connectivity index (χ0v) is 11.2. The number of aromatic amines is 1. The highest BCUT2D eigenvalue weighted by atomic mass is 14.9. The van der Waals surface area contributed by atoms with Crippen molar-refractivity contribution in [1.29, 1.82) is 0 Å². The lowest BCUT2D eigenvalue weighted by Crippen LogP contribution is -2.00. The van der Waals surface area contributed by atoms with Crippen molar-refractivity contribution in [1.82, 2.24) is 9.97 Å². The molecule has 0 amide bonds. The van der Waals surface area contributed by atoms with Gasteiger partial charge in [0.1, 0.15) is 5.82 Å². The van der Waals surface area contributed by atoms with E-state index in [9.17, 15) is 0 Å². The molecule has 0 aromatic carbocycles. The number of fused-ring (bicyclic) bond motifs is 1. The van der Waals surface area contributed by atoms with E-state index < -0.39 is 0 Å². The first-order chi connectivity index (χ1) is 8.40. The number of imidazole rings is 1. The summed E-state index contributed by atoms with van der Waals surface area (Å²) in [6.45, 7) is 2.27. The molecule has 1 heterocycles. The molecule has 0 saturated heterocycles. The van der Waals surface area contributed by atoms with E-state index >= 15 is 0 Å². The molecule has 2 nitrogen and oxygen atoms in total. The van der Waals surface area contributed by atoms with E-state index in [1.807, 2.05) is 0 Å². The molecule has 17 heavy (non-hydrogen) atoms. The van der Waals surface area contributed by atoms with Gasteiger partial charge in [0.15, 0.2) is 0 Å². The number of aryl methyl sites for hydroxylation is 3. The van der Waals surface area contributed by atoms with Crippen molar-refractivity contribution in [3.63, 3.8) is 0 Å².